The van der Waals surface area contributed by atoms with Gasteiger partial charge in [0.25, 0.3) is 0 Å². The van der Waals surface area contributed by atoms with Crippen LogP contribution >= 0.6 is 0 Å². The number of benzene rings is 3. The maximum Gasteiger partial charge on any atom is 0.150 e. The number of aliphatic hydroxyl groups is 1. The molecule has 2 aliphatic rings. The van der Waals surface area contributed by atoms with Gasteiger partial charge in [0.2, 0.25) is 0 Å². The highest BCUT2D eigenvalue weighted by molar-refractivity contribution is 5.95. The Balaban J connectivity index is 1.39. The smallest absolute Gasteiger partial charge is 0.150 e. The number of aliphatic hydroxyl groups excluding tert-OH is 1. The van der Waals surface area contributed by atoms with Crippen molar-refractivity contribution in [1.29, 1.82) is 0 Å². The lowest BCUT2D eigenvalue weighted by molar-refractivity contribution is 0.112. The monoisotopic (exact) mass is 491 g/mol. The van der Waals surface area contributed by atoms with Crippen LogP contribution in [0.15, 0.2) is 66.7 Å². The molecular weight excluding hydrogens is 461 g/mol. The molecule has 0 saturated carbocycles. The SMILES string of the molecule is CC1=C(c2cccc(O)c2)C(c2ccc(OC[C@H](C)N3C[C@@H](O)[C@@H](F)C3)cc2)Oc2ccc(O)cc21. The summed E-state index contributed by atoms with van der Waals surface area (Å²) in [7, 11) is 0. The molecule has 0 aromatic heterocycles. The largest absolute Gasteiger partial charge is 0.508 e. The fraction of sp³-hybridized carbons (Fsp3) is 0.310. The topological polar surface area (TPSA) is 82.4 Å². The van der Waals surface area contributed by atoms with Gasteiger partial charge in [0.15, 0.2) is 0 Å². The predicted molar refractivity (Wildman–Crippen MR) is 136 cm³/mol. The van der Waals surface area contributed by atoms with E-state index in [1.807, 2.05) is 49.1 Å². The van der Waals surface area contributed by atoms with E-state index in [2.05, 4.69) is 0 Å². The third-order valence-corrected chi connectivity index (χ3v) is 6.98. The summed E-state index contributed by atoms with van der Waals surface area (Å²) in [6, 6.07) is 19.7. The first-order valence-electron chi connectivity index (χ1n) is 12.1. The first kappa shape index (κ1) is 24.2. The molecule has 7 heteroatoms. The van der Waals surface area contributed by atoms with E-state index in [0.717, 1.165) is 27.8 Å². The maximum atomic E-state index is 13.7. The van der Waals surface area contributed by atoms with Gasteiger partial charge in [-0.25, -0.2) is 4.39 Å². The van der Waals surface area contributed by atoms with Gasteiger partial charge in [-0.1, -0.05) is 24.3 Å². The number of nitrogens with zero attached hydrogens (tertiary/aromatic N) is 1. The minimum Gasteiger partial charge on any atom is -0.508 e. The van der Waals surface area contributed by atoms with Gasteiger partial charge in [-0.3, -0.25) is 4.90 Å². The van der Waals surface area contributed by atoms with E-state index >= 15 is 0 Å². The zero-order valence-electron chi connectivity index (χ0n) is 20.3. The van der Waals surface area contributed by atoms with Crippen LogP contribution in [0, 0.1) is 0 Å². The van der Waals surface area contributed by atoms with E-state index in [-0.39, 0.29) is 24.1 Å². The van der Waals surface area contributed by atoms with Crippen LogP contribution in [0.5, 0.6) is 23.0 Å². The molecule has 2 aliphatic heterocycles. The highest BCUT2D eigenvalue weighted by atomic mass is 19.1. The molecule has 1 unspecified atom stereocenters. The van der Waals surface area contributed by atoms with E-state index in [0.29, 0.717) is 24.7 Å². The third-order valence-electron chi connectivity index (χ3n) is 6.98. The predicted octanol–water partition coefficient (Wildman–Crippen LogP) is 4.94. The second kappa shape index (κ2) is 9.84. The molecule has 188 valence electrons. The first-order valence-corrected chi connectivity index (χ1v) is 12.1. The first-order chi connectivity index (χ1) is 17.3. The summed E-state index contributed by atoms with van der Waals surface area (Å²) in [5, 5.41) is 29.8. The van der Waals surface area contributed by atoms with Crippen LogP contribution in [0.25, 0.3) is 11.1 Å². The highest BCUT2D eigenvalue weighted by Gasteiger charge is 2.34. The van der Waals surface area contributed by atoms with Gasteiger partial charge in [0, 0.05) is 30.3 Å². The van der Waals surface area contributed by atoms with Gasteiger partial charge in [0.1, 0.15) is 41.9 Å². The van der Waals surface area contributed by atoms with Crippen molar-refractivity contribution < 1.29 is 29.2 Å². The molecule has 3 N–H and O–H groups in total. The van der Waals surface area contributed by atoms with Gasteiger partial charge in [0.05, 0.1) is 6.10 Å². The van der Waals surface area contributed by atoms with Gasteiger partial charge in [-0.15, -0.1) is 0 Å². The van der Waals surface area contributed by atoms with Crippen LogP contribution in [-0.2, 0) is 0 Å². The Morgan fingerprint density at radius 2 is 1.78 bits per heavy atom. The summed E-state index contributed by atoms with van der Waals surface area (Å²) >= 11 is 0. The molecule has 5 rings (SSSR count). The molecule has 3 aromatic rings. The number of ether oxygens (including phenoxy) is 2. The van der Waals surface area contributed by atoms with Crippen LogP contribution in [0.4, 0.5) is 4.39 Å². The number of hydrogen-bond donors (Lipinski definition) is 3. The molecule has 4 atom stereocenters. The molecule has 6 nitrogen and oxygen atoms in total. The van der Waals surface area contributed by atoms with Crippen molar-refractivity contribution in [3.05, 3.63) is 83.4 Å². The van der Waals surface area contributed by atoms with Crippen molar-refractivity contribution in [3.63, 3.8) is 0 Å². The van der Waals surface area contributed by atoms with Gasteiger partial charge in [-0.05, 0) is 73.0 Å². The number of allylic oxidation sites excluding steroid dienone is 1. The number of rotatable bonds is 6. The summed E-state index contributed by atoms with van der Waals surface area (Å²) in [5.74, 6) is 1.68. The summed E-state index contributed by atoms with van der Waals surface area (Å²) < 4.78 is 26.0. The van der Waals surface area contributed by atoms with Crippen LogP contribution in [0.2, 0.25) is 0 Å². The number of alkyl halides is 1. The second-order valence-corrected chi connectivity index (χ2v) is 9.53. The zero-order chi connectivity index (χ0) is 25.4. The van der Waals surface area contributed by atoms with Crippen molar-refractivity contribution in [3.8, 4) is 23.0 Å². The summed E-state index contributed by atoms with van der Waals surface area (Å²) in [6.45, 7) is 4.85. The Labute approximate surface area is 209 Å². The lowest BCUT2D eigenvalue weighted by atomic mass is 9.86. The highest BCUT2D eigenvalue weighted by Crippen LogP contribution is 2.47. The van der Waals surface area contributed by atoms with E-state index in [1.165, 1.54) is 0 Å². The lowest BCUT2D eigenvalue weighted by Gasteiger charge is -2.31. The van der Waals surface area contributed by atoms with Crippen molar-refractivity contribution in [2.75, 3.05) is 19.7 Å². The Kier molecular flexibility index (Phi) is 6.60. The number of phenols is 2. The molecule has 0 aliphatic carbocycles. The molecule has 0 bridgehead atoms. The molecule has 2 heterocycles. The Hall–Kier alpha value is -3.55. The average Bonchev–Trinajstić information content (AvgIpc) is 3.21. The maximum absolute atomic E-state index is 13.7. The quantitative estimate of drug-likeness (QED) is 0.453. The van der Waals surface area contributed by atoms with E-state index < -0.39 is 18.4 Å². The Morgan fingerprint density at radius 1 is 1.03 bits per heavy atom. The number of hydrogen-bond acceptors (Lipinski definition) is 6. The minimum absolute atomic E-state index is 0.0300. The zero-order valence-corrected chi connectivity index (χ0v) is 20.3. The fourth-order valence-electron chi connectivity index (χ4n) is 4.91. The number of aromatic hydroxyl groups is 2. The molecule has 3 aromatic carbocycles. The van der Waals surface area contributed by atoms with Gasteiger partial charge >= 0.3 is 0 Å². The summed E-state index contributed by atoms with van der Waals surface area (Å²) in [6.07, 6.45) is -2.58. The number of phenolic OH excluding ortho intramolecular Hbond substituents is 2. The molecule has 0 amide bonds. The molecule has 0 spiro atoms. The van der Waals surface area contributed by atoms with Crippen LogP contribution in [-0.4, -0.2) is 58.2 Å². The molecule has 1 fully saturated rings. The van der Waals surface area contributed by atoms with Crippen LogP contribution in [0.3, 0.4) is 0 Å². The van der Waals surface area contributed by atoms with Crippen LogP contribution in [0.1, 0.15) is 36.6 Å². The number of fused-ring (bicyclic) bond motifs is 1. The van der Waals surface area contributed by atoms with E-state index in [1.54, 1.807) is 36.4 Å². The van der Waals surface area contributed by atoms with Crippen molar-refractivity contribution in [2.24, 2.45) is 0 Å². The normalized spacial score (nSPS) is 22.7. The van der Waals surface area contributed by atoms with Crippen molar-refractivity contribution >= 4 is 11.1 Å². The van der Waals surface area contributed by atoms with Crippen molar-refractivity contribution in [1.82, 2.24) is 4.90 Å². The fourth-order valence-corrected chi connectivity index (χ4v) is 4.91. The lowest BCUT2D eigenvalue weighted by Crippen LogP contribution is -2.36. The number of β-amino-alcohol motifs (C(OH)–C–C–N with tert-alkyl or cyclic N) is 1. The molecule has 1 saturated heterocycles. The molecular formula is C29H30FNO5. The van der Waals surface area contributed by atoms with Gasteiger partial charge in [-0.2, -0.15) is 0 Å². The Morgan fingerprint density at radius 3 is 2.47 bits per heavy atom. The third kappa shape index (κ3) is 4.76. The number of halogens is 1. The molecule has 36 heavy (non-hydrogen) atoms. The Bertz CT molecular complexity index is 1260. The second-order valence-electron chi connectivity index (χ2n) is 9.53. The number of likely N-dealkylation sites (tertiary alicyclic amines) is 1. The van der Waals surface area contributed by atoms with Crippen LogP contribution < -0.4 is 9.47 Å². The average molecular weight is 492 g/mol. The van der Waals surface area contributed by atoms with Crippen molar-refractivity contribution in [2.45, 2.75) is 38.3 Å². The summed E-state index contributed by atoms with van der Waals surface area (Å²) in [5.41, 5.74) is 4.41. The summed E-state index contributed by atoms with van der Waals surface area (Å²) in [4.78, 5) is 1.89. The van der Waals surface area contributed by atoms with E-state index in [4.69, 9.17) is 9.47 Å². The van der Waals surface area contributed by atoms with Gasteiger partial charge < -0.3 is 24.8 Å². The molecule has 0 radical (unpaired) electrons. The standard InChI is InChI=1S/C29H30FNO5/c1-17(31-14-25(30)26(34)15-31)16-35-23-9-6-19(7-10-23)29-28(20-4-3-5-21(32)12-20)18(2)24-13-22(33)8-11-27(24)36-29/h3-13,17,25-26,29,32-34H,14-16H2,1-2H3/t17-,25-,26+,29?/m0/s1. The minimum atomic E-state index is -1.21. The van der Waals surface area contributed by atoms with E-state index in [9.17, 15) is 19.7 Å².